The number of ether oxygens (including phenoxy) is 2. The summed E-state index contributed by atoms with van der Waals surface area (Å²) in [4.78, 5) is 24.6. The second-order valence-corrected chi connectivity index (χ2v) is 13.5. The molecule has 0 aromatic rings. The predicted molar refractivity (Wildman–Crippen MR) is 129 cm³/mol. The molecule has 182 valence electrons. The van der Waals surface area contributed by atoms with E-state index in [9.17, 15) is 14.0 Å². The first-order chi connectivity index (χ1) is 15.1. The number of allylic oxidation sites excluding steroid dienone is 4. The molecule has 0 radical (unpaired) electrons. The molecule has 1 unspecified atom stereocenters. The Bertz CT molecular complexity index is 1000. The van der Waals surface area contributed by atoms with Crippen LogP contribution in [0.2, 0.25) is 0 Å². The molecular formula is C24H27BrCl3FO4. The zero-order chi connectivity index (χ0) is 24.4. The zero-order valence-corrected chi connectivity index (χ0v) is 22.7. The largest absolute Gasteiger partial charge is 0.344 e. The van der Waals surface area contributed by atoms with Crippen molar-refractivity contribution in [3.8, 4) is 0 Å². The number of hydrogen-bond donors (Lipinski definition) is 0. The lowest BCUT2D eigenvalue weighted by atomic mass is 9.46. The summed E-state index contributed by atoms with van der Waals surface area (Å²) >= 11 is 24.4. The van der Waals surface area contributed by atoms with Crippen molar-refractivity contribution < 1.29 is 23.5 Å². The molecule has 0 bridgehead atoms. The van der Waals surface area contributed by atoms with E-state index in [-0.39, 0.29) is 17.6 Å². The highest BCUT2D eigenvalue weighted by Gasteiger charge is 2.80. The molecule has 0 aromatic heterocycles. The Balaban J connectivity index is 1.67. The highest BCUT2D eigenvalue weighted by Crippen LogP contribution is 2.74. The first-order valence-corrected chi connectivity index (χ1v) is 13.4. The summed E-state index contributed by atoms with van der Waals surface area (Å²) in [6.45, 7) is 7.42. The van der Waals surface area contributed by atoms with Crippen LogP contribution >= 0.6 is 50.7 Å². The smallest absolute Gasteiger partial charge is 0.215 e. The molecule has 1 saturated heterocycles. The van der Waals surface area contributed by atoms with Crippen molar-refractivity contribution in [2.75, 3.05) is 0 Å². The van der Waals surface area contributed by atoms with E-state index in [0.717, 1.165) is 5.57 Å². The van der Waals surface area contributed by atoms with Crippen molar-refractivity contribution in [2.24, 2.45) is 22.7 Å². The van der Waals surface area contributed by atoms with Crippen LogP contribution < -0.4 is 0 Å². The predicted octanol–water partition coefficient (Wildman–Crippen LogP) is 5.85. The highest BCUT2D eigenvalue weighted by atomic mass is 79.9. The molecule has 0 amide bonds. The lowest BCUT2D eigenvalue weighted by Gasteiger charge is -2.64. The van der Waals surface area contributed by atoms with Gasteiger partial charge >= 0.3 is 0 Å². The number of fused-ring (bicyclic) bond motifs is 7. The molecular weight excluding hydrogens is 558 g/mol. The van der Waals surface area contributed by atoms with Crippen LogP contribution in [-0.2, 0) is 19.1 Å². The zero-order valence-electron chi connectivity index (χ0n) is 18.8. The molecule has 10 atom stereocenters. The van der Waals surface area contributed by atoms with Crippen LogP contribution in [0.5, 0.6) is 0 Å². The second-order valence-electron chi connectivity index (χ2n) is 11.1. The van der Waals surface area contributed by atoms with Crippen molar-refractivity contribution in [1.29, 1.82) is 0 Å². The third-order valence-corrected chi connectivity index (χ3v) is 11.5. The van der Waals surface area contributed by atoms with Crippen LogP contribution in [0.1, 0.15) is 47.0 Å². The average molecular weight is 585 g/mol. The van der Waals surface area contributed by atoms with Crippen molar-refractivity contribution in [3.05, 3.63) is 23.8 Å². The summed E-state index contributed by atoms with van der Waals surface area (Å²) in [7, 11) is 0. The Hall–Kier alpha value is 0.0200. The minimum absolute atomic E-state index is 0.117. The molecule has 4 aliphatic carbocycles. The SMILES string of the molecule is CC1(C)O[C@@H]2C[C@H]3[C@@H]4C[C@H](Cl)C5=CC(=O)C=C[C@]5(C)[C@@]4(Cl)[C@@H](Cl)C[C@]3(C)[C@]2(C(=O)C(F)Br)O1. The third-order valence-electron chi connectivity index (χ3n) is 9.14. The van der Waals surface area contributed by atoms with E-state index in [1.807, 2.05) is 19.9 Å². The van der Waals surface area contributed by atoms with E-state index in [1.165, 1.54) is 6.08 Å². The Kier molecular flexibility index (Phi) is 5.46. The van der Waals surface area contributed by atoms with Gasteiger partial charge in [-0.3, -0.25) is 9.59 Å². The fraction of sp³-hybridized carbons (Fsp3) is 0.750. The van der Waals surface area contributed by atoms with Crippen LogP contribution in [0.15, 0.2) is 23.8 Å². The quantitative estimate of drug-likeness (QED) is 0.382. The lowest BCUT2D eigenvalue weighted by Crippen LogP contribution is -2.69. The summed E-state index contributed by atoms with van der Waals surface area (Å²) in [5.74, 6) is -2.19. The number of Topliss-reactive ketones (excluding diaryl/α,β-unsaturated/α-hetero) is 1. The molecule has 5 rings (SSSR count). The van der Waals surface area contributed by atoms with Crippen molar-refractivity contribution in [1.82, 2.24) is 0 Å². The fourth-order valence-corrected chi connectivity index (χ4v) is 9.86. The van der Waals surface area contributed by atoms with Gasteiger partial charge in [0, 0.05) is 10.8 Å². The maximum atomic E-state index is 14.5. The maximum absolute atomic E-state index is 14.5. The standard InChI is InChI=1S/C24H27BrCl3FO4/c1-20(2)32-17-9-12-13-8-15(26)14-7-11(30)5-6-21(14,3)23(13,28)16(27)10-22(12,4)24(17,33-20)18(31)19(25)29/h5-7,12-13,15-17,19H,8-10H2,1-4H3/t12-,13-,15-,16-,17+,19?,21-,22-,23-,24-/m0/s1. The summed E-state index contributed by atoms with van der Waals surface area (Å²) < 4.78 is 27.1. The maximum Gasteiger partial charge on any atom is 0.215 e. The molecule has 4 nitrogen and oxygen atoms in total. The number of ketones is 2. The van der Waals surface area contributed by atoms with Crippen molar-refractivity contribution >= 4 is 62.3 Å². The van der Waals surface area contributed by atoms with Gasteiger partial charge in [-0.15, -0.1) is 34.8 Å². The first-order valence-electron chi connectivity index (χ1n) is 11.3. The number of hydrogen-bond acceptors (Lipinski definition) is 4. The van der Waals surface area contributed by atoms with Crippen LogP contribution in [0.25, 0.3) is 0 Å². The third kappa shape index (κ3) is 2.88. The molecule has 33 heavy (non-hydrogen) atoms. The molecule has 1 heterocycles. The molecule has 1 aliphatic heterocycles. The highest BCUT2D eigenvalue weighted by molar-refractivity contribution is 9.09. The van der Waals surface area contributed by atoms with Gasteiger partial charge in [0.15, 0.2) is 17.2 Å². The molecule has 0 spiro atoms. The summed E-state index contributed by atoms with van der Waals surface area (Å²) in [6.07, 6.45) is 5.62. The number of carbonyl (C=O) groups is 2. The van der Waals surface area contributed by atoms with Gasteiger partial charge in [-0.2, -0.15) is 0 Å². The fourth-order valence-electron chi connectivity index (χ4n) is 7.83. The number of rotatable bonds is 2. The first kappa shape index (κ1) is 24.7. The topological polar surface area (TPSA) is 52.6 Å². The Morgan fingerprint density at radius 1 is 1.21 bits per heavy atom. The normalized spacial score (nSPS) is 52.9. The minimum Gasteiger partial charge on any atom is -0.344 e. The summed E-state index contributed by atoms with van der Waals surface area (Å²) in [5.41, 5.74) is -2.27. The minimum atomic E-state index is -1.89. The molecule has 9 heteroatoms. The van der Waals surface area contributed by atoms with Crippen molar-refractivity contribution in [2.45, 2.75) is 85.2 Å². The molecule has 4 fully saturated rings. The van der Waals surface area contributed by atoms with Gasteiger partial charge < -0.3 is 9.47 Å². The van der Waals surface area contributed by atoms with E-state index in [1.54, 1.807) is 19.9 Å². The monoisotopic (exact) mass is 582 g/mol. The van der Waals surface area contributed by atoms with Crippen LogP contribution in [0, 0.1) is 22.7 Å². The number of halogens is 5. The van der Waals surface area contributed by atoms with Gasteiger partial charge in [0.05, 0.1) is 21.7 Å². The van der Waals surface area contributed by atoms with Gasteiger partial charge in [-0.05, 0) is 78.6 Å². The number of carbonyl (C=O) groups excluding carboxylic acids is 2. The van der Waals surface area contributed by atoms with Crippen LogP contribution in [0.4, 0.5) is 4.39 Å². The molecule has 0 aromatic carbocycles. The molecule has 5 aliphatic rings. The van der Waals surface area contributed by atoms with Gasteiger partial charge in [0.25, 0.3) is 0 Å². The van der Waals surface area contributed by atoms with Gasteiger partial charge in [-0.25, -0.2) is 4.39 Å². The molecule has 0 N–H and O–H groups in total. The van der Waals surface area contributed by atoms with Gasteiger partial charge in [0.1, 0.15) is 0 Å². The summed E-state index contributed by atoms with van der Waals surface area (Å²) in [6, 6.07) is 0. The number of alkyl halides is 5. The average Bonchev–Trinajstić information content (AvgIpc) is 3.11. The van der Waals surface area contributed by atoms with Gasteiger partial charge in [-0.1, -0.05) is 19.9 Å². The summed E-state index contributed by atoms with van der Waals surface area (Å²) in [5, 5.41) is -2.90. The van der Waals surface area contributed by atoms with Crippen LogP contribution in [-0.4, -0.2) is 49.8 Å². The van der Waals surface area contributed by atoms with E-state index in [2.05, 4.69) is 15.9 Å². The lowest BCUT2D eigenvalue weighted by molar-refractivity contribution is -0.212. The van der Waals surface area contributed by atoms with E-state index >= 15 is 0 Å². The van der Waals surface area contributed by atoms with Crippen LogP contribution in [0.3, 0.4) is 0 Å². The molecule has 3 saturated carbocycles. The van der Waals surface area contributed by atoms with Crippen molar-refractivity contribution in [3.63, 3.8) is 0 Å². The van der Waals surface area contributed by atoms with E-state index < -0.39 is 54.8 Å². The van der Waals surface area contributed by atoms with E-state index in [0.29, 0.717) is 19.3 Å². The Morgan fingerprint density at radius 2 is 1.88 bits per heavy atom. The Labute approximate surface area is 216 Å². The second kappa shape index (κ2) is 7.29. The van der Waals surface area contributed by atoms with Gasteiger partial charge in [0.2, 0.25) is 10.9 Å². The Morgan fingerprint density at radius 3 is 2.52 bits per heavy atom. The van der Waals surface area contributed by atoms with E-state index in [4.69, 9.17) is 44.3 Å².